The molecule has 0 atom stereocenters. The molecule has 7 heteroatoms. The molecule has 0 radical (unpaired) electrons. The maximum absolute atomic E-state index is 11.3. The lowest BCUT2D eigenvalue weighted by molar-refractivity contribution is 0.598. The Morgan fingerprint density at radius 2 is 2.29 bits per heavy atom. The number of hydrogen-bond donors (Lipinski definition) is 2. The van der Waals surface area contributed by atoms with E-state index >= 15 is 0 Å². The zero-order valence-electron chi connectivity index (χ0n) is 7.77. The van der Waals surface area contributed by atoms with E-state index in [1.165, 1.54) is 6.20 Å². The summed E-state index contributed by atoms with van der Waals surface area (Å²) in [5.41, 5.74) is 0. The fourth-order valence-corrected chi connectivity index (χ4v) is 1.81. The van der Waals surface area contributed by atoms with Crippen molar-refractivity contribution in [3.63, 3.8) is 0 Å². The fourth-order valence-electron chi connectivity index (χ4n) is 0.803. The largest absolute Gasteiger partial charge is 0.319 e. The van der Waals surface area contributed by atoms with Gasteiger partial charge >= 0.3 is 0 Å². The third kappa shape index (κ3) is 3.67. The van der Waals surface area contributed by atoms with Crippen LogP contribution in [-0.4, -0.2) is 38.0 Å². The van der Waals surface area contributed by atoms with E-state index in [1.54, 1.807) is 19.2 Å². The second-order valence-electron chi connectivity index (χ2n) is 2.63. The van der Waals surface area contributed by atoms with Gasteiger partial charge in [-0.2, -0.15) is 5.10 Å². The van der Waals surface area contributed by atoms with Crippen LogP contribution in [0.2, 0.25) is 0 Å². The summed E-state index contributed by atoms with van der Waals surface area (Å²) in [5, 5.41) is 9.92. The first-order valence-electron chi connectivity index (χ1n) is 4.07. The number of rotatable bonds is 5. The summed E-state index contributed by atoms with van der Waals surface area (Å²) in [6.07, 6.45) is 1.48. The standard InChI is InChI=1S/C7H12N4O2S/c1-8-5-6-14(12,13)11-7-3-2-4-9-10-7/h2-4,8H,5-6H2,1H3,(H,10,11). The highest BCUT2D eigenvalue weighted by atomic mass is 32.2. The lowest BCUT2D eigenvalue weighted by Gasteiger charge is -2.05. The van der Waals surface area contributed by atoms with Crippen LogP contribution in [0.25, 0.3) is 0 Å². The minimum Gasteiger partial charge on any atom is -0.319 e. The molecule has 0 aliphatic rings. The molecule has 14 heavy (non-hydrogen) atoms. The number of nitrogens with zero attached hydrogens (tertiary/aromatic N) is 2. The van der Waals surface area contributed by atoms with Crippen molar-refractivity contribution in [1.82, 2.24) is 15.5 Å². The summed E-state index contributed by atoms with van der Waals surface area (Å²) in [7, 11) is -1.62. The Labute approximate surface area is 82.8 Å². The Bertz CT molecular complexity index is 365. The third-order valence-electron chi connectivity index (χ3n) is 1.45. The van der Waals surface area contributed by atoms with Gasteiger partial charge in [0, 0.05) is 12.7 Å². The molecule has 1 aromatic heterocycles. The number of hydrogen-bond acceptors (Lipinski definition) is 5. The van der Waals surface area contributed by atoms with Crippen LogP contribution in [0.4, 0.5) is 5.82 Å². The van der Waals surface area contributed by atoms with Crippen molar-refractivity contribution >= 4 is 15.8 Å². The molecule has 0 bridgehead atoms. The third-order valence-corrected chi connectivity index (χ3v) is 2.71. The number of sulfonamides is 1. The van der Waals surface area contributed by atoms with E-state index in [0.29, 0.717) is 6.54 Å². The van der Waals surface area contributed by atoms with Gasteiger partial charge in [0.1, 0.15) is 0 Å². The van der Waals surface area contributed by atoms with Crippen LogP contribution >= 0.6 is 0 Å². The number of anilines is 1. The maximum Gasteiger partial charge on any atom is 0.235 e. The van der Waals surface area contributed by atoms with E-state index in [2.05, 4.69) is 20.2 Å². The van der Waals surface area contributed by atoms with Gasteiger partial charge in [0.05, 0.1) is 5.75 Å². The summed E-state index contributed by atoms with van der Waals surface area (Å²) >= 11 is 0. The first-order valence-corrected chi connectivity index (χ1v) is 5.72. The van der Waals surface area contributed by atoms with Gasteiger partial charge in [-0.3, -0.25) is 4.72 Å². The van der Waals surface area contributed by atoms with E-state index in [0.717, 1.165) is 0 Å². The minimum atomic E-state index is -3.31. The van der Waals surface area contributed by atoms with Crippen molar-refractivity contribution in [2.24, 2.45) is 0 Å². The molecule has 0 aliphatic heterocycles. The average molecular weight is 216 g/mol. The SMILES string of the molecule is CNCCS(=O)(=O)Nc1cccnn1. The zero-order valence-corrected chi connectivity index (χ0v) is 8.58. The summed E-state index contributed by atoms with van der Waals surface area (Å²) in [6, 6.07) is 3.16. The van der Waals surface area contributed by atoms with Crippen LogP contribution in [0.1, 0.15) is 0 Å². The lowest BCUT2D eigenvalue weighted by Crippen LogP contribution is -2.24. The molecular weight excluding hydrogens is 204 g/mol. The Balaban J connectivity index is 2.60. The lowest BCUT2D eigenvalue weighted by atomic mass is 10.6. The van der Waals surface area contributed by atoms with Crippen molar-refractivity contribution in [2.45, 2.75) is 0 Å². The molecule has 1 heterocycles. The van der Waals surface area contributed by atoms with Gasteiger partial charge in [-0.1, -0.05) is 0 Å². The topological polar surface area (TPSA) is 84.0 Å². The predicted octanol–water partition coefficient (Wildman–Crippen LogP) is -0.562. The molecular formula is C7H12N4O2S. The van der Waals surface area contributed by atoms with Crippen molar-refractivity contribution < 1.29 is 8.42 Å². The highest BCUT2D eigenvalue weighted by Crippen LogP contribution is 2.01. The van der Waals surface area contributed by atoms with Crippen molar-refractivity contribution in [3.05, 3.63) is 18.3 Å². The van der Waals surface area contributed by atoms with Crippen LogP contribution < -0.4 is 10.0 Å². The molecule has 0 saturated carbocycles. The van der Waals surface area contributed by atoms with Gasteiger partial charge in [-0.15, -0.1) is 5.10 Å². The minimum absolute atomic E-state index is 0.0140. The van der Waals surface area contributed by atoms with E-state index in [-0.39, 0.29) is 11.6 Å². The Kier molecular flexibility index (Phi) is 3.78. The average Bonchev–Trinajstić information content (AvgIpc) is 2.16. The van der Waals surface area contributed by atoms with Gasteiger partial charge in [-0.05, 0) is 19.2 Å². The van der Waals surface area contributed by atoms with E-state index in [9.17, 15) is 8.42 Å². The molecule has 2 N–H and O–H groups in total. The van der Waals surface area contributed by atoms with Crippen LogP contribution in [0.3, 0.4) is 0 Å². The van der Waals surface area contributed by atoms with Crippen LogP contribution in [-0.2, 0) is 10.0 Å². The first kappa shape index (κ1) is 10.9. The van der Waals surface area contributed by atoms with Crippen LogP contribution in [0.5, 0.6) is 0 Å². The van der Waals surface area contributed by atoms with Gasteiger partial charge in [0.25, 0.3) is 0 Å². The Morgan fingerprint density at radius 3 is 2.86 bits per heavy atom. The van der Waals surface area contributed by atoms with Crippen LogP contribution in [0, 0.1) is 0 Å². The first-order chi connectivity index (χ1) is 6.64. The molecule has 0 amide bonds. The van der Waals surface area contributed by atoms with E-state index in [4.69, 9.17) is 0 Å². The molecule has 0 aliphatic carbocycles. The molecule has 0 fully saturated rings. The summed E-state index contributed by atoms with van der Waals surface area (Å²) in [4.78, 5) is 0. The number of aromatic nitrogens is 2. The zero-order chi connectivity index (χ0) is 10.4. The molecule has 0 saturated heterocycles. The van der Waals surface area contributed by atoms with Crippen molar-refractivity contribution in [3.8, 4) is 0 Å². The summed E-state index contributed by atoms with van der Waals surface area (Å²) < 4.78 is 25.0. The van der Waals surface area contributed by atoms with Crippen molar-refractivity contribution in [1.29, 1.82) is 0 Å². The molecule has 0 unspecified atom stereocenters. The molecule has 0 aromatic carbocycles. The summed E-state index contributed by atoms with van der Waals surface area (Å²) in [6.45, 7) is 0.398. The number of nitrogens with one attached hydrogen (secondary N) is 2. The predicted molar refractivity (Wildman–Crippen MR) is 53.4 cm³/mol. The highest BCUT2D eigenvalue weighted by Gasteiger charge is 2.09. The molecule has 6 nitrogen and oxygen atoms in total. The Hall–Kier alpha value is -1.21. The fraction of sp³-hybridized carbons (Fsp3) is 0.429. The summed E-state index contributed by atoms with van der Waals surface area (Å²) in [5.74, 6) is 0.253. The molecule has 1 rings (SSSR count). The van der Waals surface area contributed by atoms with E-state index < -0.39 is 10.0 Å². The molecule has 0 spiro atoms. The van der Waals surface area contributed by atoms with Gasteiger partial charge in [-0.25, -0.2) is 8.42 Å². The second-order valence-corrected chi connectivity index (χ2v) is 4.48. The van der Waals surface area contributed by atoms with E-state index in [1.807, 2.05) is 0 Å². The maximum atomic E-state index is 11.3. The van der Waals surface area contributed by atoms with Crippen molar-refractivity contribution in [2.75, 3.05) is 24.1 Å². The van der Waals surface area contributed by atoms with Gasteiger partial charge in [0.2, 0.25) is 10.0 Å². The van der Waals surface area contributed by atoms with Crippen LogP contribution in [0.15, 0.2) is 18.3 Å². The Morgan fingerprint density at radius 1 is 1.50 bits per heavy atom. The highest BCUT2D eigenvalue weighted by molar-refractivity contribution is 7.92. The normalized spacial score (nSPS) is 11.2. The molecule has 1 aromatic rings. The monoisotopic (exact) mass is 216 g/mol. The van der Waals surface area contributed by atoms with Gasteiger partial charge in [0.15, 0.2) is 5.82 Å². The smallest absolute Gasteiger partial charge is 0.235 e. The second kappa shape index (κ2) is 4.87. The quantitative estimate of drug-likeness (QED) is 0.689. The molecule has 78 valence electrons. The van der Waals surface area contributed by atoms with Gasteiger partial charge < -0.3 is 5.32 Å².